The molecule has 1 atom stereocenters. The molecule has 0 amide bonds. The predicted octanol–water partition coefficient (Wildman–Crippen LogP) is 2.99. The van der Waals surface area contributed by atoms with Crippen molar-refractivity contribution in [1.82, 2.24) is 0 Å². The minimum atomic E-state index is -0.880. The van der Waals surface area contributed by atoms with Gasteiger partial charge in [-0.05, 0) is 25.5 Å². The van der Waals surface area contributed by atoms with Crippen molar-refractivity contribution >= 4 is 23.2 Å². The van der Waals surface area contributed by atoms with Gasteiger partial charge in [0.1, 0.15) is 12.4 Å². The van der Waals surface area contributed by atoms with Gasteiger partial charge in [-0.3, -0.25) is 0 Å². The minimum absolute atomic E-state index is 0.165. The molecule has 0 aliphatic heterocycles. The van der Waals surface area contributed by atoms with E-state index in [1.54, 1.807) is 19.1 Å². The van der Waals surface area contributed by atoms with Crippen LogP contribution in [0.4, 0.5) is 0 Å². The molecule has 0 aromatic heterocycles. The second-order valence-corrected chi connectivity index (χ2v) is 5.06. The van der Waals surface area contributed by atoms with Crippen molar-refractivity contribution in [3.8, 4) is 5.75 Å². The molecule has 0 aliphatic rings. The highest BCUT2D eigenvalue weighted by Crippen LogP contribution is 2.32. The van der Waals surface area contributed by atoms with Crippen molar-refractivity contribution < 1.29 is 9.84 Å². The Hall–Kier alpha value is -0.480. The molecule has 0 fully saturated rings. The molecule has 5 heteroatoms. The zero-order valence-corrected chi connectivity index (χ0v) is 11.5. The van der Waals surface area contributed by atoms with Gasteiger partial charge in [-0.2, -0.15) is 0 Å². The molecule has 3 nitrogen and oxygen atoms in total. The van der Waals surface area contributed by atoms with E-state index in [4.69, 9.17) is 33.7 Å². The first-order chi connectivity index (χ1) is 7.89. The number of ether oxygens (including phenoxy) is 1. The van der Waals surface area contributed by atoms with E-state index in [1.165, 1.54) is 0 Å². The topological polar surface area (TPSA) is 55.5 Å². The summed E-state index contributed by atoms with van der Waals surface area (Å²) >= 11 is 11.9. The lowest BCUT2D eigenvalue weighted by Crippen LogP contribution is -2.31. The van der Waals surface area contributed by atoms with E-state index in [9.17, 15) is 5.11 Å². The molecule has 0 aliphatic carbocycles. The molecule has 3 N–H and O–H groups in total. The standard InChI is InChI=1S/C12H17Cl2NO2/c1-3-12(2,16)7-17-11-8(6-15)4-9(13)5-10(11)14/h4-5,16H,3,6-7,15H2,1-2H3. The zero-order valence-electron chi connectivity index (χ0n) is 9.96. The summed E-state index contributed by atoms with van der Waals surface area (Å²) in [4.78, 5) is 0. The second-order valence-electron chi connectivity index (χ2n) is 4.22. The Bertz CT molecular complexity index is 394. The Morgan fingerprint density at radius 1 is 1.41 bits per heavy atom. The van der Waals surface area contributed by atoms with Crippen molar-refractivity contribution in [2.75, 3.05) is 6.61 Å². The van der Waals surface area contributed by atoms with Gasteiger partial charge in [-0.25, -0.2) is 0 Å². The summed E-state index contributed by atoms with van der Waals surface area (Å²) in [6, 6.07) is 3.31. The van der Waals surface area contributed by atoms with Crippen molar-refractivity contribution in [2.24, 2.45) is 5.73 Å². The van der Waals surface area contributed by atoms with Crippen LogP contribution in [0.2, 0.25) is 10.0 Å². The molecule has 0 saturated carbocycles. The summed E-state index contributed by atoms with van der Waals surface area (Å²) in [5, 5.41) is 10.8. The van der Waals surface area contributed by atoms with Crippen molar-refractivity contribution in [3.63, 3.8) is 0 Å². The van der Waals surface area contributed by atoms with Crippen molar-refractivity contribution in [1.29, 1.82) is 0 Å². The fraction of sp³-hybridized carbons (Fsp3) is 0.500. The number of hydrogen-bond donors (Lipinski definition) is 2. The van der Waals surface area contributed by atoms with Crippen LogP contribution >= 0.6 is 23.2 Å². The van der Waals surface area contributed by atoms with Crippen LogP contribution in [0.3, 0.4) is 0 Å². The normalized spacial score (nSPS) is 14.5. The van der Waals surface area contributed by atoms with Gasteiger partial charge in [0.05, 0.1) is 10.6 Å². The van der Waals surface area contributed by atoms with Gasteiger partial charge in [0.25, 0.3) is 0 Å². The van der Waals surface area contributed by atoms with Gasteiger partial charge in [0, 0.05) is 17.1 Å². The van der Waals surface area contributed by atoms with Gasteiger partial charge in [0.15, 0.2) is 0 Å². The Balaban J connectivity index is 2.90. The second kappa shape index (κ2) is 5.91. The molecule has 1 aromatic carbocycles. The van der Waals surface area contributed by atoms with E-state index in [0.717, 1.165) is 5.56 Å². The third-order valence-corrected chi connectivity index (χ3v) is 3.09. The van der Waals surface area contributed by atoms with E-state index in [1.807, 2.05) is 6.92 Å². The molecular weight excluding hydrogens is 261 g/mol. The van der Waals surface area contributed by atoms with E-state index in [2.05, 4.69) is 0 Å². The first-order valence-electron chi connectivity index (χ1n) is 5.43. The van der Waals surface area contributed by atoms with Crippen LogP contribution in [0.15, 0.2) is 12.1 Å². The van der Waals surface area contributed by atoms with Crippen LogP contribution in [-0.2, 0) is 6.54 Å². The Morgan fingerprint density at radius 2 is 2.06 bits per heavy atom. The van der Waals surface area contributed by atoms with Gasteiger partial charge < -0.3 is 15.6 Å². The summed E-state index contributed by atoms with van der Waals surface area (Å²) in [7, 11) is 0. The summed E-state index contributed by atoms with van der Waals surface area (Å²) in [5.74, 6) is 0.493. The molecule has 0 saturated heterocycles. The lowest BCUT2D eigenvalue weighted by molar-refractivity contribution is 0.00823. The maximum atomic E-state index is 9.87. The zero-order chi connectivity index (χ0) is 13.1. The van der Waals surface area contributed by atoms with Gasteiger partial charge >= 0.3 is 0 Å². The lowest BCUT2D eigenvalue weighted by atomic mass is 10.1. The Morgan fingerprint density at radius 3 is 2.59 bits per heavy atom. The monoisotopic (exact) mass is 277 g/mol. The Kier molecular flexibility index (Phi) is 5.07. The number of nitrogens with two attached hydrogens (primary N) is 1. The molecule has 96 valence electrons. The smallest absolute Gasteiger partial charge is 0.142 e. The average molecular weight is 278 g/mol. The Labute approximate surface area is 111 Å². The summed E-state index contributed by atoms with van der Waals surface area (Å²) in [6.45, 7) is 4.04. The van der Waals surface area contributed by atoms with Crippen LogP contribution in [-0.4, -0.2) is 17.3 Å². The van der Waals surface area contributed by atoms with E-state index in [0.29, 0.717) is 22.2 Å². The molecular formula is C12H17Cl2NO2. The van der Waals surface area contributed by atoms with Crippen molar-refractivity contribution in [2.45, 2.75) is 32.4 Å². The molecule has 1 aromatic rings. The van der Waals surface area contributed by atoms with E-state index in [-0.39, 0.29) is 13.2 Å². The SMILES string of the molecule is CCC(C)(O)COc1c(Cl)cc(Cl)cc1CN. The van der Waals surface area contributed by atoms with Gasteiger partial charge in [-0.1, -0.05) is 30.1 Å². The maximum absolute atomic E-state index is 9.87. The van der Waals surface area contributed by atoms with Crippen LogP contribution in [0.25, 0.3) is 0 Å². The summed E-state index contributed by atoms with van der Waals surface area (Å²) in [6.07, 6.45) is 0.593. The molecule has 17 heavy (non-hydrogen) atoms. The van der Waals surface area contributed by atoms with Gasteiger partial charge in [0.2, 0.25) is 0 Å². The first kappa shape index (κ1) is 14.6. The van der Waals surface area contributed by atoms with Crippen LogP contribution in [0, 0.1) is 0 Å². The first-order valence-corrected chi connectivity index (χ1v) is 6.18. The number of aliphatic hydroxyl groups is 1. The largest absolute Gasteiger partial charge is 0.489 e. The molecule has 0 radical (unpaired) electrons. The summed E-state index contributed by atoms with van der Waals surface area (Å²) < 4.78 is 5.55. The van der Waals surface area contributed by atoms with Crippen LogP contribution < -0.4 is 10.5 Å². The summed E-state index contributed by atoms with van der Waals surface area (Å²) in [5.41, 5.74) is 5.45. The molecule has 1 rings (SSSR count). The quantitative estimate of drug-likeness (QED) is 0.870. The fourth-order valence-corrected chi connectivity index (χ4v) is 1.85. The van der Waals surface area contributed by atoms with Crippen LogP contribution in [0.1, 0.15) is 25.8 Å². The third kappa shape index (κ3) is 4.03. The van der Waals surface area contributed by atoms with Gasteiger partial charge in [-0.15, -0.1) is 0 Å². The minimum Gasteiger partial charge on any atom is -0.489 e. The van der Waals surface area contributed by atoms with E-state index < -0.39 is 5.60 Å². The molecule has 1 unspecified atom stereocenters. The fourth-order valence-electron chi connectivity index (χ4n) is 1.26. The molecule has 0 heterocycles. The average Bonchev–Trinajstić information content (AvgIpc) is 2.26. The number of benzene rings is 1. The third-order valence-electron chi connectivity index (χ3n) is 2.59. The number of halogens is 2. The highest BCUT2D eigenvalue weighted by Gasteiger charge is 2.20. The lowest BCUT2D eigenvalue weighted by Gasteiger charge is -2.23. The molecule has 0 spiro atoms. The molecule has 0 bridgehead atoms. The highest BCUT2D eigenvalue weighted by molar-refractivity contribution is 6.35. The predicted molar refractivity (Wildman–Crippen MR) is 70.8 cm³/mol. The number of hydrogen-bond acceptors (Lipinski definition) is 3. The highest BCUT2D eigenvalue weighted by atomic mass is 35.5. The number of rotatable bonds is 5. The van der Waals surface area contributed by atoms with Crippen molar-refractivity contribution in [3.05, 3.63) is 27.7 Å². The maximum Gasteiger partial charge on any atom is 0.142 e. The van der Waals surface area contributed by atoms with Crippen LogP contribution in [0.5, 0.6) is 5.75 Å². The van der Waals surface area contributed by atoms with E-state index >= 15 is 0 Å².